The number of thioether (sulfide) groups is 1. The molecule has 1 aromatic carbocycles. The normalized spacial score (nSPS) is 18.8. The second kappa shape index (κ2) is 5.88. The van der Waals surface area contributed by atoms with Gasteiger partial charge < -0.3 is 10.5 Å². The van der Waals surface area contributed by atoms with Crippen LogP contribution in [-0.2, 0) is 11.2 Å². The van der Waals surface area contributed by atoms with E-state index >= 15 is 0 Å². The average molecular weight is 266 g/mol. The zero-order valence-electron chi connectivity index (χ0n) is 9.72. The highest BCUT2D eigenvalue weighted by atomic mass is 32.2. The van der Waals surface area contributed by atoms with Gasteiger partial charge in [0.15, 0.2) is 0 Å². The van der Waals surface area contributed by atoms with E-state index in [1.807, 2.05) is 24.3 Å². The predicted molar refractivity (Wildman–Crippen MR) is 69.6 cm³/mol. The van der Waals surface area contributed by atoms with Crippen LogP contribution in [0, 0.1) is 0 Å². The zero-order chi connectivity index (χ0) is 13.0. The number of ether oxygens (including phenoxy) is 1. The second-order valence-corrected chi connectivity index (χ2v) is 5.04. The Morgan fingerprint density at radius 2 is 2.00 bits per heavy atom. The summed E-state index contributed by atoms with van der Waals surface area (Å²) < 4.78 is 5.35. The van der Waals surface area contributed by atoms with Crippen molar-refractivity contribution < 1.29 is 14.3 Å². The smallest absolute Gasteiger partial charge is 0.286 e. The van der Waals surface area contributed by atoms with E-state index in [4.69, 9.17) is 10.5 Å². The third kappa shape index (κ3) is 3.24. The van der Waals surface area contributed by atoms with Gasteiger partial charge in [-0.2, -0.15) is 0 Å². The van der Waals surface area contributed by atoms with Crippen LogP contribution in [0.4, 0.5) is 4.79 Å². The molecule has 1 aliphatic rings. The van der Waals surface area contributed by atoms with Crippen molar-refractivity contribution in [3.05, 3.63) is 29.8 Å². The molecule has 0 aliphatic carbocycles. The van der Waals surface area contributed by atoms with Crippen LogP contribution in [0.3, 0.4) is 0 Å². The van der Waals surface area contributed by atoms with Gasteiger partial charge in [0.05, 0.1) is 5.25 Å². The van der Waals surface area contributed by atoms with E-state index in [2.05, 4.69) is 5.32 Å². The molecule has 0 spiro atoms. The van der Waals surface area contributed by atoms with Gasteiger partial charge in [0.2, 0.25) is 5.91 Å². The maximum Gasteiger partial charge on any atom is 0.286 e. The van der Waals surface area contributed by atoms with Crippen molar-refractivity contribution in [1.82, 2.24) is 5.32 Å². The summed E-state index contributed by atoms with van der Waals surface area (Å²) in [5.41, 5.74) is 6.34. The highest BCUT2D eigenvalue weighted by Crippen LogP contribution is 2.23. The molecular formula is C12H14N2O3S. The Bertz CT molecular complexity index is 447. The van der Waals surface area contributed by atoms with Gasteiger partial charge in [-0.15, -0.1) is 0 Å². The number of hydrogen-bond donors (Lipinski definition) is 2. The van der Waals surface area contributed by atoms with Gasteiger partial charge in [0, 0.05) is 6.54 Å². The highest BCUT2D eigenvalue weighted by Gasteiger charge is 2.31. The highest BCUT2D eigenvalue weighted by molar-refractivity contribution is 8.15. The topological polar surface area (TPSA) is 81.4 Å². The quantitative estimate of drug-likeness (QED) is 0.828. The first-order valence-electron chi connectivity index (χ1n) is 5.62. The van der Waals surface area contributed by atoms with Crippen molar-refractivity contribution in [3.63, 3.8) is 0 Å². The van der Waals surface area contributed by atoms with Crippen LogP contribution in [0.25, 0.3) is 0 Å². The number of nitrogens with one attached hydrogen (secondary N) is 1. The predicted octanol–water partition coefficient (Wildman–Crippen LogP) is 0.918. The molecule has 0 aromatic heterocycles. The molecule has 1 aliphatic heterocycles. The molecule has 6 heteroatoms. The van der Waals surface area contributed by atoms with E-state index in [-0.39, 0.29) is 16.4 Å². The SMILES string of the molecule is NCCOc1ccc(CC2SC(=O)NC2=O)cc1. The Kier molecular flexibility index (Phi) is 4.22. The molecule has 5 nitrogen and oxygen atoms in total. The summed E-state index contributed by atoms with van der Waals surface area (Å²) >= 11 is 1.04. The summed E-state index contributed by atoms with van der Waals surface area (Å²) in [4.78, 5) is 22.4. The molecule has 1 heterocycles. The summed E-state index contributed by atoms with van der Waals surface area (Å²) in [7, 11) is 0. The number of nitrogens with two attached hydrogens (primary N) is 1. The number of hydrogen-bond acceptors (Lipinski definition) is 5. The molecule has 2 amide bonds. The van der Waals surface area contributed by atoms with Crippen LogP contribution >= 0.6 is 11.8 Å². The van der Waals surface area contributed by atoms with Gasteiger partial charge in [-0.05, 0) is 24.1 Å². The number of rotatable bonds is 5. The average Bonchev–Trinajstić information content (AvgIpc) is 2.67. The van der Waals surface area contributed by atoms with Crippen molar-refractivity contribution in [2.75, 3.05) is 13.2 Å². The van der Waals surface area contributed by atoms with Crippen LogP contribution in [0.1, 0.15) is 5.56 Å². The number of carbonyl (C=O) groups is 2. The third-order valence-electron chi connectivity index (χ3n) is 2.50. The number of carbonyl (C=O) groups excluding carboxylic acids is 2. The summed E-state index contributed by atoms with van der Waals surface area (Å²) in [6.45, 7) is 0.956. The Hall–Kier alpha value is -1.53. The third-order valence-corrected chi connectivity index (χ3v) is 3.48. The summed E-state index contributed by atoms with van der Waals surface area (Å²) in [5.74, 6) is 0.539. The van der Waals surface area contributed by atoms with Crippen LogP contribution < -0.4 is 15.8 Å². The maximum atomic E-state index is 11.4. The first kappa shape index (κ1) is 12.9. The van der Waals surface area contributed by atoms with Gasteiger partial charge in [0.25, 0.3) is 5.24 Å². The van der Waals surface area contributed by atoms with E-state index in [1.165, 1.54) is 0 Å². The molecule has 96 valence electrons. The van der Waals surface area contributed by atoms with E-state index in [0.717, 1.165) is 23.1 Å². The Morgan fingerprint density at radius 3 is 2.56 bits per heavy atom. The molecule has 2 rings (SSSR count). The lowest BCUT2D eigenvalue weighted by Gasteiger charge is -2.07. The molecule has 0 bridgehead atoms. The van der Waals surface area contributed by atoms with Crippen LogP contribution in [0.2, 0.25) is 0 Å². The van der Waals surface area contributed by atoms with E-state index in [1.54, 1.807) is 0 Å². The van der Waals surface area contributed by atoms with Gasteiger partial charge >= 0.3 is 0 Å². The van der Waals surface area contributed by atoms with Crippen molar-refractivity contribution in [3.8, 4) is 5.75 Å². The number of amides is 2. The molecule has 0 radical (unpaired) electrons. The van der Waals surface area contributed by atoms with Crippen molar-refractivity contribution in [2.45, 2.75) is 11.7 Å². The van der Waals surface area contributed by atoms with Gasteiger partial charge in [-0.25, -0.2) is 0 Å². The van der Waals surface area contributed by atoms with Crippen molar-refractivity contribution >= 4 is 22.9 Å². The minimum atomic E-state index is -0.326. The van der Waals surface area contributed by atoms with Gasteiger partial charge in [-0.3, -0.25) is 14.9 Å². The molecular weight excluding hydrogens is 252 g/mol. The lowest BCUT2D eigenvalue weighted by Crippen LogP contribution is -2.25. The molecule has 1 atom stereocenters. The molecule has 1 aromatic rings. The number of benzene rings is 1. The first-order valence-corrected chi connectivity index (χ1v) is 6.50. The Balaban J connectivity index is 1.94. The fraction of sp³-hybridized carbons (Fsp3) is 0.333. The lowest BCUT2D eigenvalue weighted by molar-refractivity contribution is -0.118. The molecule has 1 unspecified atom stereocenters. The molecule has 1 saturated heterocycles. The van der Waals surface area contributed by atoms with Crippen molar-refractivity contribution in [1.29, 1.82) is 0 Å². The molecule has 0 saturated carbocycles. The standard InChI is InChI=1S/C12H14N2O3S/c13-5-6-17-9-3-1-8(2-4-9)7-10-11(15)14-12(16)18-10/h1-4,10H,5-7,13H2,(H,14,15,16). The van der Waals surface area contributed by atoms with Crippen LogP contribution in [0.5, 0.6) is 5.75 Å². The minimum Gasteiger partial charge on any atom is -0.492 e. The summed E-state index contributed by atoms with van der Waals surface area (Å²) in [6, 6.07) is 7.46. The van der Waals surface area contributed by atoms with Gasteiger partial charge in [-0.1, -0.05) is 23.9 Å². The van der Waals surface area contributed by atoms with Gasteiger partial charge in [0.1, 0.15) is 12.4 Å². The fourth-order valence-corrected chi connectivity index (χ4v) is 2.50. The van der Waals surface area contributed by atoms with E-state index in [0.29, 0.717) is 19.6 Å². The molecule has 3 N–H and O–H groups in total. The second-order valence-electron chi connectivity index (χ2n) is 3.87. The number of imide groups is 1. The maximum absolute atomic E-state index is 11.4. The Labute approximate surface area is 109 Å². The first-order chi connectivity index (χ1) is 8.69. The van der Waals surface area contributed by atoms with E-state index < -0.39 is 0 Å². The Morgan fingerprint density at radius 1 is 1.28 bits per heavy atom. The van der Waals surface area contributed by atoms with Crippen molar-refractivity contribution in [2.24, 2.45) is 5.73 Å². The fourth-order valence-electron chi connectivity index (χ4n) is 1.64. The van der Waals surface area contributed by atoms with Crippen LogP contribution in [0.15, 0.2) is 24.3 Å². The van der Waals surface area contributed by atoms with E-state index in [9.17, 15) is 9.59 Å². The zero-order valence-corrected chi connectivity index (χ0v) is 10.5. The summed E-state index contributed by atoms with van der Waals surface area (Å²) in [5, 5.41) is 1.68. The molecule has 18 heavy (non-hydrogen) atoms. The largest absolute Gasteiger partial charge is 0.492 e. The summed E-state index contributed by atoms with van der Waals surface area (Å²) in [6.07, 6.45) is 0.541. The molecule has 1 fully saturated rings. The van der Waals surface area contributed by atoms with Crippen LogP contribution in [-0.4, -0.2) is 29.5 Å². The monoisotopic (exact) mass is 266 g/mol. The minimum absolute atomic E-state index is 0.214. The lowest BCUT2D eigenvalue weighted by atomic mass is 10.1.